The van der Waals surface area contributed by atoms with Crippen molar-refractivity contribution in [2.45, 2.75) is 63.7 Å². The van der Waals surface area contributed by atoms with Gasteiger partial charge in [-0.1, -0.05) is 12.8 Å². The van der Waals surface area contributed by atoms with Crippen molar-refractivity contribution in [2.24, 2.45) is 11.8 Å². The molecule has 0 spiro atoms. The van der Waals surface area contributed by atoms with Crippen LogP contribution in [0.5, 0.6) is 0 Å². The maximum absolute atomic E-state index is 5.88. The molecule has 3 nitrogen and oxygen atoms in total. The average molecular weight is 198 g/mol. The molecule has 1 aliphatic carbocycles. The first-order valence-corrected chi connectivity index (χ1v) is 5.93. The Morgan fingerprint density at radius 2 is 1.93 bits per heavy atom. The summed E-state index contributed by atoms with van der Waals surface area (Å²) in [5, 5.41) is 0. The summed E-state index contributed by atoms with van der Waals surface area (Å²) in [6.45, 7) is 2.15. The summed E-state index contributed by atoms with van der Waals surface area (Å²) in [5.41, 5.74) is 2.98. The first-order chi connectivity index (χ1) is 6.81. The fourth-order valence-electron chi connectivity index (χ4n) is 2.96. The minimum absolute atomic E-state index is 0.359. The number of nitrogens with one attached hydrogen (secondary N) is 1. The van der Waals surface area contributed by atoms with Crippen LogP contribution < -0.4 is 11.3 Å². The smallest absolute Gasteiger partial charge is 0.0748 e. The number of ether oxygens (including phenoxy) is 1. The van der Waals surface area contributed by atoms with Crippen molar-refractivity contribution in [1.29, 1.82) is 0 Å². The lowest BCUT2D eigenvalue weighted by atomic mass is 9.92. The molecule has 0 aromatic rings. The number of nitrogens with two attached hydrogens (primary N) is 1. The number of hydrogen-bond donors (Lipinski definition) is 2. The average Bonchev–Trinajstić information content (AvgIpc) is 2.79. The topological polar surface area (TPSA) is 47.3 Å². The summed E-state index contributed by atoms with van der Waals surface area (Å²) < 4.78 is 5.88. The van der Waals surface area contributed by atoms with Gasteiger partial charge in [-0.25, -0.2) is 0 Å². The molecule has 3 N–H and O–H groups in total. The first kappa shape index (κ1) is 10.4. The van der Waals surface area contributed by atoms with Crippen LogP contribution in [0, 0.1) is 5.92 Å². The lowest BCUT2D eigenvalue weighted by molar-refractivity contribution is 0.0178. The van der Waals surface area contributed by atoms with Crippen LogP contribution in [0.1, 0.15) is 45.4 Å². The van der Waals surface area contributed by atoms with E-state index in [1.54, 1.807) is 0 Å². The highest BCUT2D eigenvalue weighted by atomic mass is 16.5. The van der Waals surface area contributed by atoms with Crippen molar-refractivity contribution in [2.75, 3.05) is 0 Å². The SMILES string of the molecule is CC1CCC(C(NN)C2CCCC2)O1. The molecule has 0 aromatic carbocycles. The molecule has 82 valence electrons. The zero-order valence-electron chi connectivity index (χ0n) is 9.04. The Balaban J connectivity index is 1.91. The minimum atomic E-state index is 0.359. The molecule has 1 saturated heterocycles. The third-order valence-electron chi connectivity index (χ3n) is 3.77. The second-order valence-electron chi connectivity index (χ2n) is 4.80. The van der Waals surface area contributed by atoms with E-state index in [9.17, 15) is 0 Å². The van der Waals surface area contributed by atoms with Crippen LogP contribution in [0.25, 0.3) is 0 Å². The summed E-state index contributed by atoms with van der Waals surface area (Å²) in [6, 6.07) is 0.391. The summed E-state index contributed by atoms with van der Waals surface area (Å²) in [6.07, 6.45) is 8.53. The van der Waals surface area contributed by atoms with E-state index in [4.69, 9.17) is 10.6 Å². The van der Waals surface area contributed by atoms with Crippen LogP contribution in [0.2, 0.25) is 0 Å². The van der Waals surface area contributed by atoms with E-state index in [0.29, 0.717) is 18.2 Å². The lowest BCUT2D eigenvalue weighted by Gasteiger charge is -2.28. The van der Waals surface area contributed by atoms with Crippen LogP contribution in [0.3, 0.4) is 0 Å². The fraction of sp³-hybridized carbons (Fsp3) is 1.00. The van der Waals surface area contributed by atoms with Gasteiger partial charge in [0.1, 0.15) is 0 Å². The molecule has 1 saturated carbocycles. The van der Waals surface area contributed by atoms with Gasteiger partial charge in [-0.05, 0) is 38.5 Å². The fourth-order valence-corrected chi connectivity index (χ4v) is 2.96. The number of rotatable bonds is 3. The second kappa shape index (κ2) is 4.60. The molecular formula is C11H22N2O. The van der Waals surface area contributed by atoms with Crippen molar-refractivity contribution >= 4 is 0 Å². The van der Waals surface area contributed by atoms with Crippen molar-refractivity contribution < 1.29 is 4.74 Å². The molecule has 2 aliphatic rings. The molecule has 3 unspecified atom stereocenters. The largest absolute Gasteiger partial charge is 0.374 e. The predicted molar refractivity (Wildman–Crippen MR) is 56.6 cm³/mol. The standard InChI is InChI=1S/C11H22N2O/c1-8-6-7-10(14-8)11(13-12)9-4-2-3-5-9/h8-11,13H,2-7,12H2,1H3. The molecule has 3 heteroatoms. The molecule has 1 aliphatic heterocycles. The van der Waals surface area contributed by atoms with Gasteiger partial charge in [0.15, 0.2) is 0 Å². The molecule has 0 radical (unpaired) electrons. The van der Waals surface area contributed by atoms with E-state index < -0.39 is 0 Å². The Hall–Kier alpha value is -0.120. The molecule has 3 atom stereocenters. The molecule has 1 heterocycles. The normalized spacial score (nSPS) is 36.4. The number of hydrogen-bond acceptors (Lipinski definition) is 3. The van der Waals surface area contributed by atoms with Crippen LogP contribution in [-0.2, 0) is 4.74 Å². The number of hydrazine groups is 1. The Kier molecular flexibility index (Phi) is 3.42. The Labute approximate surface area is 86.4 Å². The van der Waals surface area contributed by atoms with Gasteiger partial charge in [-0.3, -0.25) is 11.3 Å². The molecule has 2 fully saturated rings. The van der Waals surface area contributed by atoms with E-state index in [-0.39, 0.29) is 0 Å². The summed E-state index contributed by atoms with van der Waals surface area (Å²) in [4.78, 5) is 0. The Morgan fingerprint density at radius 1 is 1.21 bits per heavy atom. The van der Waals surface area contributed by atoms with E-state index in [2.05, 4.69) is 12.3 Å². The van der Waals surface area contributed by atoms with Gasteiger partial charge in [0.2, 0.25) is 0 Å². The Morgan fingerprint density at radius 3 is 2.43 bits per heavy atom. The maximum atomic E-state index is 5.88. The molecule has 0 aromatic heterocycles. The van der Waals surface area contributed by atoms with Crippen molar-refractivity contribution in [1.82, 2.24) is 5.43 Å². The van der Waals surface area contributed by atoms with Crippen LogP contribution in [0.4, 0.5) is 0 Å². The zero-order chi connectivity index (χ0) is 9.97. The Bertz CT molecular complexity index is 180. The zero-order valence-corrected chi connectivity index (χ0v) is 9.04. The molecule has 0 amide bonds. The highest BCUT2D eigenvalue weighted by molar-refractivity contribution is 4.88. The maximum Gasteiger partial charge on any atom is 0.0748 e. The van der Waals surface area contributed by atoms with Gasteiger partial charge in [0, 0.05) is 0 Å². The quantitative estimate of drug-likeness (QED) is 0.534. The van der Waals surface area contributed by atoms with Gasteiger partial charge in [-0.2, -0.15) is 0 Å². The lowest BCUT2D eigenvalue weighted by Crippen LogP contribution is -2.48. The molecule has 2 rings (SSSR count). The molecule has 0 bridgehead atoms. The third kappa shape index (κ3) is 2.10. The van der Waals surface area contributed by atoms with E-state index in [1.165, 1.54) is 38.5 Å². The van der Waals surface area contributed by atoms with Gasteiger partial charge in [-0.15, -0.1) is 0 Å². The molecule has 14 heavy (non-hydrogen) atoms. The monoisotopic (exact) mass is 198 g/mol. The minimum Gasteiger partial charge on any atom is -0.374 e. The summed E-state index contributed by atoms with van der Waals surface area (Å²) in [5.74, 6) is 6.39. The highest BCUT2D eigenvalue weighted by Crippen LogP contribution is 2.33. The van der Waals surface area contributed by atoms with Gasteiger partial charge >= 0.3 is 0 Å². The summed E-state index contributed by atoms with van der Waals surface area (Å²) in [7, 11) is 0. The van der Waals surface area contributed by atoms with Crippen molar-refractivity contribution in [3.63, 3.8) is 0 Å². The van der Waals surface area contributed by atoms with Gasteiger partial charge in [0.05, 0.1) is 18.2 Å². The first-order valence-electron chi connectivity index (χ1n) is 5.93. The van der Waals surface area contributed by atoms with E-state index >= 15 is 0 Å². The highest BCUT2D eigenvalue weighted by Gasteiger charge is 2.35. The van der Waals surface area contributed by atoms with Crippen molar-refractivity contribution in [3.8, 4) is 0 Å². The van der Waals surface area contributed by atoms with Crippen molar-refractivity contribution in [3.05, 3.63) is 0 Å². The van der Waals surface area contributed by atoms with E-state index in [0.717, 1.165) is 5.92 Å². The second-order valence-corrected chi connectivity index (χ2v) is 4.80. The summed E-state index contributed by atoms with van der Waals surface area (Å²) >= 11 is 0. The predicted octanol–water partition coefficient (Wildman–Crippen LogP) is 1.58. The van der Waals surface area contributed by atoms with Gasteiger partial charge in [0.25, 0.3) is 0 Å². The van der Waals surface area contributed by atoms with Crippen LogP contribution in [-0.4, -0.2) is 18.2 Å². The van der Waals surface area contributed by atoms with Crippen LogP contribution in [0.15, 0.2) is 0 Å². The van der Waals surface area contributed by atoms with Gasteiger partial charge < -0.3 is 4.74 Å². The third-order valence-corrected chi connectivity index (χ3v) is 3.77. The van der Waals surface area contributed by atoms with Crippen LogP contribution >= 0.6 is 0 Å². The molecular weight excluding hydrogens is 176 g/mol. The van der Waals surface area contributed by atoms with E-state index in [1.807, 2.05) is 0 Å².